The maximum Gasteiger partial charge on any atom is 0.0453 e. The van der Waals surface area contributed by atoms with Crippen molar-refractivity contribution in [1.82, 2.24) is 10.2 Å². The van der Waals surface area contributed by atoms with Crippen LogP contribution in [0.1, 0.15) is 38.3 Å². The Morgan fingerprint density at radius 2 is 2.16 bits per heavy atom. The quantitative estimate of drug-likeness (QED) is 0.910. The van der Waals surface area contributed by atoms with Crippen molar-refractivity contribution in [2.24, 2.45) is 0 Å². The van der Waals surface area contributed by atoms with Crippen molar-refractivity contribution in [2.75, 3.05) is 13.1 Å². The summed E-state index contributed by atoms with van der Waals surface area (Å²) in [6, 6.07) is 6.96. The van der Waals surface area contributed by atoms with Crippen LogP contribution in [0, 0.1) is 6.92 Å². The molecule has 0 aliphatic carbocycles. The topological polar surface area (TPSA) is 15.3 Å². The Kier molecular flexibility index (Phi) is 4.54. The molecule has 0 amide bonds. The number of nitrogens with zero attached hydrogens (tertiary/aromatic N) is 1. The zero-order valence-corrected chi connectivity index (χ0v) is 13.2. The van der Waals surface area contributed by atoms with Crippen LogP contribution in [0.3, 0.4) is 0 Å². The number of aryl methyl sites for hydroxylation is 1. The Morgan fingerprint density at radius 1 is 1.42 bits per heavy atom. The SMILES string of the molecule is CCC1CN(Cc2ccc(C)cc2Cl)C(C)(C)CN1. The fourth-order valence-corrected chi connectivity index (χ4v) is 2.92. The molecular weight excluding hydrogens is 256 g/mol. The summed E-state index contributed by atoms with van der Waals surface area (Å²) in [7, 11) is 0. The van der Waals surface area contributed by atoms with Gasteiger partial charge in [-0.2, -0.15) is 0 Å². The van der Waals surface area contributed by atoms with Gasteiger partial charge in [-0.25, -0.2) is 0 Å². The maximum absolute atomic E-state index is 6.37. The molecule has 1 atom stereocenters. The van der Waals surface area contributed by atoms with E-state index in [2.05, 4.69) is 56.1 Å². The van der Waals surface area contributed by atoms with Crippen LogP contribution in [-0.2, 0) is 6.54 Å². The zero-order chi connectivity index (χ0) is 14.0. The van der Waals surface area contributed by atoms with Gasteiger partial charge in [0.05, 0.1) is 0 Å². The first-order valence-corrected chi connectivity index (χ1v) is 7.53. The minimum absolute atomic E-state index is 0.180. The van der Waals surface area contributed by atoms with Gasteiger partial charge in [-0.15, -0.1) is 0 Å². The van der Waals surface area contributed by atoms with Crippen LogP contribution in [0.15, 0.2) is 18.2 Å². The van der Waals surface area contributed by atoms with Gasteiger partial charge >= 0.3 is 0 Å². The molecule has 0 spiro atoms. The first-order chi connectivity index (χ1) is 8.92. The van der Waals surface area contributed by atoms with Gasteiger partial charge < -0.3 is 5.32 Å². The lowest BCUT2D eigenvalue weighted by molar-refractivity contribution is 0.0577. The molecule has 0 saturated carbocycles. The van der Waals surface area contributed by atoms with E-state index in [-0.39, 0.29) is 5.54 Å². The lowest BCUT2D eigenvalue weighted by Crippen LogP contribution is -2.61. The Morgan fingerprint density at radius 3 is 2.79 bits per heavy atom. The second kappa shape index (κ2) is 5.82. The Hall–Kier alpha value is -0.570. The first kappa shape index (κ1) is 14.8. The summed E-state index contributed by atoms with van der Waals surface area (Å²) < 4.78 is 0. The normalized spacial score (nSPS) is 23.5. The van der Waals surface area contributed by atoms with Crippen molar-refractivity contribution in [3.8, 4) is 0 Å². The molecule has 0 bridgehead atoms. The average molecular weight is 281 g/mol. The molecule has 106 valence electrons. The predicted octanol–water partition coefficient (Wildman–Crippen LogP) is 3.61. The second-order valence-corrected chi connectivity index (χ2v) is 6.68. The molecule has 1 fully saturated rings. The van der Waals surface area contributed by atoms with E-state index in [0.29, 0.717) is 6.04 Å². The largest absolute Gasteiger partial charge is 0.311 e. The highest BCUT2D eigenvalue weighted by molar-refractivity contribution is 6.31. The van der Waals surface area contributed by atoms with E-state index in [4.69, 9.17) is 11.6 Å². The smallest absolute Gasteiger partial charge is 0.0453 e. The average Bonchev–Trinajstić information content (AvgIpc) is 2.34. The third kappa shape index (κ3) is 3.50. The Labute approximate surface area is 122 Å². The van der Waals surface area contributed by atoms with Gasteiger partial charge in [0.15, 0.2) is 0 Å². The molecular formula is C16H25ClN2. The van der Waals surface area contributed by atoms with Gasteiger partial charge in [0.2, 0.25) is 0 Å². The monoisotopic (exact) mass is 280 g/mol. The summed E-state index contributed by atoms with van der Waals surface area (Å²) in [6.07, 6.45) is 1.17. The van der Waals surface area contributed by atoms with Crippen molar-refractivity contribution in [2.45, 2.75) is 52.2 Å². The molecule has 19 heavy (non-hydrogen) atoms. The van der Waals surface area contributed by atoms with Gasteiger partial charge in [0, 0.05) is 36.2 Å². The molecule has 1 aliphatic rings. The lowest BCUT2D eigenvalue weighted by atomic mass is 9.95. The molecule has 1 aromatic rings. The molecule has 0 radical (unpaired) electrons. The minimum atomic E-state index is 0.180. The lowest BCUT2D eigenvalue weighted by Gasteiger charge is -2.46. The summed E-state index contributed by atoms with van der Waals surface area (Å²) in [5.74, 6) is 0. The number of hydrogen-bond donors (Lipinski definition) is 1. The summed E-state index contributed by atoms with van der Waals surface area (Å²) in [6.45, 7) is 12.0. The molecule has 2 nitrogen and oxygen atoms in total. The van der Waals surface area contributed by atoms with E-state index >= 15 is 0 Å². The molecule has 1 aromatic carbocycles. The van der Waals surface area contributed by atoms with Crippen LogP contribution in [0.25, 0.3) is 0 Å². The highest BCUT2D eigenvalue weighted by atomic mass is 35.5. The van der Waals surface area contributed by atoms with Crippen LogP contribution < -0.4 is 5.32 Å². The number of hydrogen-bond acceptors (Lipinski definition) is 2. The molecule has 1 N–H and O–H groups in total. The number of halogens is 1. The standard InChI is InChI=1S/C16H25ClN2/c1-5-14-10-19(16(3,4)11-18-14)9-13-7-6-12(2)8-15(13)17/h6-8,14,18H,5,9-11H2,1-4H3. The van der Waals surface area contributed by atoms with Crippen molar-refractivity contribution in [3.63, 3.8) is 0 Å². The molecule has 1 aliphatic heterocycles. The summed E-state index contributed by atoms with van der Waals surface area (Å²) in [4.78, 5) is 2.55. The van der Waals surface area contributed by atoms with Crippen LogP contribution in [0.2, 0.25) is 5.02 Å². The van der Waals surface area contributed by atoms with Crippen LogP contribution in [0.5, 0.6) is 0 Å². The van der Waals surface area contributed by atoms with Gasteiger partial charge in [0.1, 0.15) is 0 Å². The fraction of sp³-hybridized carbons (Fsp3) is 0.625. The minimum Gasteiger partial charge on any atom is -0.311 e. The van der Waals surface area contributed by atoms with E-state index in [9.17, 15) is 0 Å². The second-order valence-electron chi connectivity index (χ2n) is 6.27. The summed E-state index contributed by atoms with van der Waals surface area (Å²) >= 11 is 6.37. The highest BCUT2D eigenvalue weighted by Crippen LogP contribution is 2.26. The van der Waals surface area contributed by atoms with E-state index in [0.717, 1.165) is 24.7 Å². The van der Waals surface area contributed by atoms with Crippen molar-refractivity contribution in [1.29, 1.82) is 0 Å². The van der Waals surface area contributed by atoms with Gasteiger partial charge in [0.25, 0.3) is 0 Å². The molecule has 1 saturated heterocycles. The Bertz CT molecular complexity index is 442. The zero-order valence-electron chi connectivity index (χ0n) is 12.5. The third-order valence-electron chi connectivity index (χ3n) is 4.18. The van der Waals surface area contributed by atoms with Crippen molar-refractivity contribution in [3.05, 3.63) is 34.3 Å². The first-order valence-electron chi connectivity index (χ1n) is 7.16. The van der Waals surface area contributed by atoms with Crippen LogP contribution >= 0.6 is 11.6 Å². The molecule has 3 heteroatoms. The molecule has 0 aromatic heterocycles. The molecule has 1 unspecified atom stereocenters. The number of nitrogens with one attached hydrogen (secondary N) is 1. The molecule has 2 rings (SSSR count). The van der Waals surface area contributed by atoms with Gasteiger partial charge in [-0.05, 0) is 44.4 Å². The van der Waals surface area contributed by atoms with Crippen LogP contribution in [-0.4, -0.2) is 29.6 Å². The highest BCUT2D eigenvalue weighted by Gasteiger charge is 2.33. The van der Waals surface area contributed by atoms with Gasteiger partial charge in [-0.3, -0.25) is 4.90 Å². The van der Waals surface area contributed by atoms with Crippen molar-refractivity contribution >= 4 is 11.6 Å². The third-order valence-corrected chi connectivity index (χ3v) is 4.53. The summed E-state index contributed by atoms with van der Waals surface area (Å²) in [5.41, 5.74) is 2.64. The van der Waals surface area contributed by atoms with E-state index in [1.54, 1.807) is 0 Å². The van der Waals surface area contributed by atoms with Gasteiger partial charge in [-0.1, -0.05) is 30.7 Å². The van der Waals surface area contributed by atoms with E-state index < -0.39 is 0 Å². The van der Waals surface area contributed by atoms with E-state index in [1.165, 1.54) is 17.5 Å². The molecule has 1 heterocycles. The Balaban J connectivity index is 2.15. The van der Waals surface area contributed by atoms with Crippen LogP contribution in [0.4, 0.5) is 0 Å². The maximum atomic E-state index is 6.37. The number of rotatable bonds is 3. The van der Waals surface area contributed by atoms with Crippen molar-refractivity contribution < 1.29 is 0 Å². The predicted molar refractivity (Wildman–Crippen MR) is 82.8 cm³/mol. The summed E-state index contributed by atoms with van der Waals surface area (Å²) in [5, 5.41) is 4.51. The van der Waals surface area contributed by atoms with E-state index in [1.807, 2.05) is 0 Å². The fourth-order valence-electron chi connectivity index (χ4n) is 2.62. The number of benzene rings is 1. The number of piperazine rings is 1.